The van der Waals surface area contributed by atoms with Crippen LogP contribution in [-0.4, -0.2) is 27.5 Å². The van der Waals surface area contributed by atoms with Crippen LogP contribution in [0.3, 0.4) is 0 Å². The Balaban J connectivity index is 1.92. The second-order valence-corrected chi connectivity index (χ2v) is 5.28. The monoisotopic (exact) mass is 305 g/mol. The minimum Gasteiger partial charge on any atom is -0.377 e. The summed E-state index contributed by atoms with van der Waals surface area (Å²) in [7, 11) is 1.77. The molecule has 0 fully saturated rings. The lowest BCUT2D eigenvalue weighted by atomic mass is 10.1. The average molecular weight is 305 g/mol. The first kappa shape index (κ1) is 13.4. The van der Waals surface area contributed by atoms with Crippen molar-refractivity contribution in [3.05, 3.63) is 39.6 Å². The van der Waals surface area contributed by atoms with Crippen LogP contribution in [0.25, 0.3) is 0 Å². The number of hydrogen-bond acceptors (Lipinski definition) is 7. The van der Waals surface area contributed by atoms with Gasteiger partial charge in [0.05, 0.1) is 17.9 Å². The summed E-state index contributed by atoms with van der Waals surface area (Å²) >= 11 is 1.22. The maximum atomic E-state index is 12.1. The molecule has 108 valence electrons. The van der Waals surface area contributed by atoms with Crippen LogP contribution in [0.5, 0.6) is 0 Å². The predicted molar refractivity (Wildman–Crippen MR) is 77.4 cm³/mol. The number of nitrogens with zero attached hydrogens (tertiary/aromatic N) is 4. The van der Waals surface area contributed by atoms with Gasteiger partial charge in [0.2, 0.25) is 5.91 Å². The Morgan fingerprint density at radius 3 is 3.05 bits per heavy atom. The quantitative estimate of drug-likeness (QED) is 0.679. The van der Waals surface area contributed by atoms with Crippen LogP contribution in [0.15, 0.2) is 18.2 Å². The fourth-order valence-corrected chi connectivity index (χ4v) is 2.83. The third-order valence-corrected chi connectivity index (χ3v) is 4.08. The number of rotatable bonds is 4. The summed E-state index contributed by atoms with van der Waals surface area (Å²) in [5.74, 6) is -0.0967. The highest BCUT2D eigenvalue weighted by atomic mass is 32.1. The van der Waals surface area contributed by atoms with E-state index in [-0.39, 0.29) is 18.0 Å². The second-order valence-electron chi connectivity index (χ2n) is 4.53. The van der Waals surface area contributed by atoms with Crippen LogP contribution in [0.1, 0.15) is 11.3 Å². The normalized spacial score (nSPS) is 13.4. The van der Waals surface area contributed by atoms with E-state index in [4.69, 9.17) is 0 Å². The summed E-state index contributed by atoms with van der Waals surface area (Å²) in [6.07, 6.45) is 0.170. The zero-order valence-electron chi connectivity index (χ0n) is 11.1. The van der Waals surface area contributed by atoms with Crippen molar-refractivity contribution in [3.8, 4) is 0 Å². The average Bonchev–Trinajstić information content (AvgIpc) is 3.03. The number of carbonyl (C=O) groups excluding carboxylic acids is 1. The second kappa shape index (κ2) is 5.09. The maximum absolute atomic E-state index is 12.1. The van der Waals surface area contributed by atoms with Crippen LogP contribution in [0.4, 0.5) is 16.4 Å². The number of nitro benzene ring substituents is 1. The number of anilines is 2. The summed E-state index contributed by atoms with van der Waals surface area (Å²) in [5.41, 5.74) is 2.04. The molecular formula is C12H11N5O3S. The lowest BCUT2D eigenvalue weighted by Crippen LogP contribution is -2.26. The smallest absolute Gasteiger partial charge is 0.269 e. The molecule has 1 aromatic heterocycles. The fourth-order valence-electron chi connectivity index (χ4n) is 2.31. The van der Waals surface area contributed by atoms with E-state index in [0.29, 0.717) is 23.5 Å². The van der Waals surface area contributed by atoms with Crippen molar-refractivity contribution in [1.82, 2.24) is 9.59 Å². The van der Waals surface area contributed by atoms with Crippen molar-refractivity contribution < 1.29 is 9.72 Å². The molecule has 0 spiro atoms. The molecule has 1 aromatic carbocycles. The fraction of sp³-hybridized carbons (Fsp3) is 0.250. The molecular weight excluding hydrogens is 294 g/mol. The molecule has 2 aromatic rings. The van der Waals surface area contributed by atoms with E-state index >= 15 is 0 Å². The Kier molecular flexibility index (Phi) is 3.26. The Morgan fingerprint density at radius 2 is 2.33 bits per heavy atom. The predicted octanol–water partition coefficient (Wildman–Crippen LogP) is 1.58. The number of non-ortho nitro benzene ring substituents is 1. The molecule has 2 heterocycles. The van der Waals surface area contributed by atoms with Gasteiger partial charge in [0.15, 0.2) is 0 Å². The zero-order valence-corrected chi connectivity index (χ0v) is 11.9. The van der Waals surface area contributed by atoms with Gasteiger partial charge in [-0.25, -0.2) is 0 Å². The molecule has 3 rings (SSSR count). The summed E-state index contributed by atoms with van der Waals surface area (Å²) in [6, 6.07) is 4.46. The molecule has 9 heteroatoms. The number of hydrogen-bond donors (Lipinski definition) is 1. The van der Waals surface area contributed by atoms with Crippen LogP contribution in [0, 0.1) is 10.1 Å². The highest BCUT2D eigenvalue weighted by molar-refractivity contribution is 7.10. The molecule has 1 amide bonds. The molecule has 0 atom stereocenters. The maximum Gasteiger partial charge on any atom is 0.269 e. The molecule has 1 aliphatic rings. The van der Waals surface area contributed by atoms with Gasteiger partial charge in [0.1, 0.15) is 10.7 Å². The molecule has 1 aliphatic heterocycles. The standard InChI is InChI=1S/C12H11N5O3S/c1-13-12-9(14-15-21-12)6-16-10-3-2-8(17(19)20)4-7(10)5-11(16)18/h2-4,13H,5-6H2,1H3. The van der Waals surface area contributed by atoms with Crippen LogP contribution < -0.4 is 10.2 Å². The number of amides is 1. The Labute approximate surface area is 123 Å². The van der Waals surface area contributed by atoms with E-state index in [0.717, 1.165) is 5.00 Å². The van der Waals surface area contributed by atoms with Crippen molar-refractivity contribution in [1.29, 1.82) is 0 Å². The molecule has 0 bridgehead atoms. The van der Waals surface area contributed by atoms with Gasteiger partial charge >= 0.3 is 0 Å². The highest BCUT2D eigenvalue weighted by Gasteiger charge is 2.30. The number of carbonyl (C=O) groups is 1. The van der Waals surface area contributed by atoms with E-state index in [1.54, 1.807) is 18.0 Å². The SMILES string of the molecule is CNc1snnc1CN1C(=O)Cc2cc([N+](=O)[O-])ccc21. The number of nitrogens with one attached hydrogen (secondary N) is 1. The minimum atomic E-state index is -0.461. The van der Waals surface area contributed by atoms with Crippen molar-refractivity contribution in [2.24, 2.45) is 0 Å². The minimum absolute atomic E-state index is 0.00496. The van der Waals surface area contributed by atoms with Gasteiger partial charge < -0.3 is 10.2 Å². The topological polar surface area (TPSA) is 101 Å². The van der Waals surface area contributed by atoms with Gasteiger partial charge in [-0.2, -0.15) is 0 Å². The number of aromatic nitrogens is 2. The van der Waals surface area contributed by atoms with E-state index in [2.05, 4.69) is 14.9 Å². The van der Waals surface area contributed by atoms with Crippen molar-refractivity contribution >= 4 is 33.8 Å². The number of fused-ring (bicyclic) bond motifs is 1. The molecule has 0 aliphatic carbocycles. The third-order valence-electron chi connectivity index (χ3n) is 3.30. The van der Waals surface area contributed by atoms with Crippen molar-refractivity contribution in [3.63, 3.8) is 0 Å². The van der Waals surface area contributed by atoms with E-state index in [1.165, 1.54) is 23.7 Å². The molecule has 0 saturated heterocycles. The summed E-state index contributed by atoms with van der Waals surface area (Å²) in [6.45, 7) is 0.302. The Morgan fingerprint density at radius 1 is 1.52 bits per heavy atom. The van der Waals surface area contributed by atoms with Gasteiger partial charge in [-0.05, 0) is 11.6 Å². The van der Waals surface area contributed by atoms with Gasteiger partial charge in [0.25, 0.3) is 5.69 Å². The first-order valence-corrected chi connectivity index (χ1v) is 6.94. The largest absolute Gasteiger partial charge is 0.377 e. The molecule has 0 saturated carbocycles. The lowest BCUT2D eigenvalue weighted by Gasteiger charge is -2.16. The van der Waals surface area contributed by atoms with Crippen LogP contribution >= 0.6 is 11.5 Å². The van der Waals surface area contributed by atoms with E-state index in [9.17, 15) is 14.9 Å². The van der Waals surface area contributed by atoms with E-state index < -0.39 is 4.92 Å². The van der Waals surface area contributed by atoms with Crippen molar-refractivity contribution in [2.75, 3.05) is 17.3 Å². The van der Waals surface area contributed by atoms with Crippen LogP contribution in [-0.2, 0) is 17.8 Å². The number of benzene rings is 1. The van der Waals surface area contributed by atoms with E-state index in [1.807, 2.05) is 0 Å². The van der Waals surface area contributed by atoms with Gasteiger partial charge in [-0.3, -0.25) is 14.9 Å². The van der Waals surface area contributed by atoms with Crippen LogP contribution in [0.2, 0.25) is 0 Å². The van der Waals surface area contributed by atoms with Gasteiger partial charge in [0, 0.05) is 36.4 Å². The third kappa shape index (κ3) is 2.31. The Bertz CT molecular complexity index is 729. The highest BCUT2D eigenvalue weighted by Crippen LogP contribution is 2.33. The van der Waals surface area contributed by atoms with Gasteiger partial charge in [-0.15, -0.1) is 5.10 Å². The summed E-state index contributed by atoms with van der Waals surface area (Å²) in [5, 5.41) is 18.6. The first-order chi connectivity index (χ1) is 10.1. The van der Waals surface area contributed by atoms with Crippen molar-refractivity contribution in [2.45, 2.75) is 13.0 Å². The first-order valence-electron chi connectivity index (χ1n) is 6.17. The molecule has 0 unspecified atom stereocenters. The molecule has 8 nitrogen and oxygen atoms in total. The number of nitro groups is 1. The van der Waals surface area contributed by atoms with Gasteiger partial charge in [-0.1, -0.05) is 4.49 Å². The summed E-state index contributed by atoms with van der Waals surface area (Å²) in [4.78, 5) is 24.0. The molecule has 1 N–H and O–H groups in total. The molecule has 21 heavy (non-hydrogen) atoms. The lowest BCUT2D eigenvalue weighted by molar-refractivity contribution is -0.384. The zero-order chi connectivity index (χ0) is 15.0. The molecule has 0 radical (unpaired) electrons. The summed E-state index contributed by atoms with van der Waals surface area (Å²) < 4.78 is 3.86. The Hall–Kier alpha value is -2.55.